The van der Waals surface area contributed by atoms with Gasteiger partial charge in [0.1, 0.15) is 0 Å². The van der Waals surface area contributed by atoms with E-state index in [4.69, 9.17) is 17.3 Å². The molecule has 1 aromatic carbocycles. The standard InChI is InChI=1S/C15H15ClN2OS/c1-9-10-6-8-20-13(10)5-7-18(9)15(19)14-11(16)3-2-4-12(14)17/h2-4,6,8-9H,5,7,17H2,1H3. The number of nitrogens with two attached hydrogens (primary N) is 1. The average Bonchev–Trinajstić information content (AvgIpc) is 2.88. The molecule has 1 aromatic heterocycles. The van der Waals surface area contributed by atoms with Crippen LogP contribution in [0.15, 0.2) is 29.6 Å². The third kappa shape index (κ3) is 2.09. The van der Waals surface area contributed by atoms with Crippen LogP contribution in [0.25, 0.3) is 0 Å². The first kappa shape index (κ1) is 13.5. The van der Waals surface area contributed by atoms with E-state index >= 15 is 0 Å². The molecule has 5 heteroatoms. The molecule has 104 valence electrons. The number of fused-ring (bicyclic) bond motifs is 1. The van der Waals surface area contributed by atoms with Crippen molar-refractivity contribution in [3.8, 4) is 0 Å². The van der Waals surface area contributed by atoms with Crippen LogP contribution in [0.4, 0.5) is 5.69 Å². The molecule has 3 nitrogen and oxygen atoms in total. The maximum absolute atomic E-state index is 12.7. The summed E-state index contributed by atoms with van der Waals surface area (Å²) in [5.41, 5.74) is 8.01. The number of carbonyl (C=O) groups is 1. The maximum atomic E-state index is 12.7. The summed E-state index contributed by atoms with van der Waals surface area (Å²) in [5.74, 6) is -0.0857. The van der Waals surface area contributed by atoms with Crippen LogP contribution in [0.2, 0.25) is 5.02 Å². The lowest BCUT2D eigenvalue weighted by molar-refractivity contribution is 0.0680. The van der Waals surface area contributed by atoms with Crippen molar-refractivity contribution in [3.05, 3.63) is 50.7 Å². The number of nitrogens with zero attached hydrogens (tertiary/aromatic N) is 1. The number of carbonyl (C=O) groups excluding carboxylic acids is 1. The first-order chi connectivity index (χ1) is 9.59. The second-order valence-corrected chi connectivity index (χ2v) is 6.34. The van der Waals surface area contributed by atoms with Crippen LogP contribution in [0.1, 0.15) is 33.8 Å². The summed E-state index contributed by atoms with van der Waals surface area (Å²) >= 11 is 7.90. The summed E-state index contributed by atoms with van der Waals surface area (Å²) in [6.45, 7) is 2.76. The minimum absolute atomic E-state index is 0.0631. The van der Waals surface area contributed by atoms with Crippen LogP contribution in [-0.4, -0.2) is 17.4 Å². The van der Waals surface area contributed by atoms with Crippen molar-refractivity contribution in [1.82, 2.24) is 4.90 Å². The monoisotopic (exact) mass is 306 g/mol. The third-order valence-corrected chi connectivity index (χ3v) is 5.11. The second-order valence-electron chi connectivity index (χ2n) is 4.93. The molecule has 3 rings (SSSR count). The highest BCUT2D eigenvalue weighted by Gasteiger charge is 2.30. The van der Waals surface area contributed by atoms with Crippen molar-refractivity contribution in [3.63, 3.8) is 0 Å². The van der Waals surface area contributed by atoms with Gasteiger partial charge in [-0.25, -0.2) is 0 Å². The first-order valence-electron chi connectivity index (χ1n) is 6.51. The molecule has 0 saturated carbocycles. The highest BCUT2D eigenvalue weighted by Crippen LogP contribution is 2.35. The molecule has 2 heterocycles. The van der Waals surface area contributed by atoms with E-state index in [2.05, 4.69) is 18.4 Å². The number of anilines is 1. The first-order valence-corrected chi connectivity index (χ1v) is 7.76. The predicted molar refractivity (Wildman–Crippen MR) is 83.3 cm³/mol. The lowest BCUT2D eigenvalue weighted by Gasteiger charge is -2.34. The van der Waals surface area contributed by atoms with Gasteiger partial charge in [0.25, 0.3) is 5.91 Å². The third-order valence-electron chi connectivity index (χ3n) is 3.80. The molecule has 0 fully saturated rings. The zero-order chi connectivity index (χ0) is 14.3. The van der Waals surface area contributed by atoms with E-state index in [1.165, 1.54) is 10.4 Å². The van der Waals surface area contributed by atoms with Crippen molar-refractivity contribution in [2.45, 2.75) is 19.4 Å². The summed E-state index contributed by atoms with van der Waals surface area (Å²) in [6, 6.07) is 7.33. The van der Waals surface area contributed by atoms with Crippen molar-refractivity contribution in [2.24, 2.45) is 0 Å². The van der Waals surface area contributed by atoms with Gasteiger partial charge in [0, 0.05) is 17.1 Å². The summed E-state index contributed by atoms with van der Waals surface area (Å²) < 4.78 is 0. The van der Waals surface area contributed by atoms with Crippen LogP contribution in [0, 0.1) is 0 Å². The van der Waals surface area contributed by atoms with Gasteiger partial charge in [0.05, 0.1) is 16.6 Å². The van der Waals surface area contributed by atoms with E-state index in [0.29, 0.717) is 22.8 Å². The van der Waals surface area contributed by atoms with Crippen LogP contribution in [0.3, 0.4) is 0 Å². The van der Waals surface area contributed by atoms with Gasteiger partial charge in [-0.3, -0.25) is 4.79 Å². The Morgan fingerprint density at radius 3 is 3.00 bits per heavy atom. The van der Waals surface area contributed by atoms with Crippen LogP contribution in [0.5, 0.6) is 0 Å². The fourth-order valence-electron chi connectivity index (χ4n) is 2.70. The van der Waals surface area contributed by atoms with E-state index in [0.717, 1.165) is 6.42 Å². The van der Waals surface area contributed by atoms with E-state index < -0.39 is 0 Å². The summed E-state index contributed by atoms with van der Waals surface area (Å²) in [5, 5.41) is 2.50. The van der Waals surface area contributed by atoms with E-state index in [-0.39, 0.29) is 11.9 Å². The second kappa shape index (κ2) is 5.11. The van der Waals surface area contributed by atoms with Crippen molar-refractivity contribution in [2.75, 3.05) is 12.3 Å². The summed E-state index contributed by atoms with van der Waals surface area (Å²) in [7, 11) is 0. The number of rotatable bonds is 1. The predicted octanol–water partition coefficient (Wildman–Crippen LogP) is 3.74. The smallest absolute Gasteiger partial charge is 0.257 e. The Morgan fingerprint density at radius 2 is 2.25 bits per heavy atom. The van der Waals surface area contributed by atoms with E-state index in [1.54, 1.807) is 29.5 Å². The van der Waals surface area contributed by atoms with Gasteiger partial charge in [-0.15, -0.1) is 11.3 Å². The minimum atomic E-state index is -0.0857. The Morgan fingerprint density at radius 1 is 1.45 bits per heavy atom. The molecular weight excluding hydrogens is 292 g/mol. The number of amides is 1. The molecule has 0 spiro atoms. The van der Waals surface area contributed by atoms with Gasteiger partial charge < -0.3 is 10.6 Å². The molecule has 1 amide bonds. The Balaban J connectivity index is 1.96. The fourth-order valence-corrected chi connectivity index (χ4v) is 3.92. The zero-order valence-electron chi connectivity index (χ0n) is 11.1. The van der Waals surface area contributed by atoms with Crippen LogP contribution >= 0.6 is 22.9 Å². The molecular formula is C15H15ClN2OS. The van der Waals surface area contributed by atoms with Gasteiger partial charge in [0.2, 0.25) is 0 Å². The van der Waals surface area contributed by atoms with Gasteiger partial charge in [0.15, 0.2) is 0 Å². The molecule has 0 radical (unpaired) electrons. The topological polar surface area (TPSA) is 46.3 Å². The zero-order valence-corrected chi connectivity index (χ0v) is 12.7. The van der Waals surface area contributed by atoms with Gasteiger partial charge in [-0.2, -0.15) is 0 Å². The van der Waals surface area contributed by atoms with E-state index in [9.17, 15) is 4.79 Å². The van der Waals surface area contributed by atoms with Gasteiger partial charge in [-0.05, 0) is 42.5 Å². The minimum Gasteiger partial charge on any atom is -0.398 e. The molecule has 2 N–H and O–H groups in total. The van der Waals surface area contributed by atoms with Crippen molar-refractivity contribution >= 4 is 34.5 Å². The molecule has 1 aliphatic heterocycles. The molecule has 0 saturated heterocycles. The Hall–Kier alpha value is -1.52. The number of hydrogen-bond acceptors (Lipinski definition) is 3. The molecule has 0 aliphatic carbocycles. The Labute approximate surface area is 127 Å². The quantitative estimate of drug-likeness (QED) is 0.816. The molecule has 1 atom stereocenters. The number of halogens is 1. The van der Waals surface area contributed by atoms with Crippen molar-refractivity contribution < 1.29 is 4.79 Å². The van der Waals surface area contributed by atoms with Gasteiger partial charge >= 0.3 is 0 Å². The van der Waals surface area contributed by atoms with Crippen molar-refractivity contribution in [1.29, 1.82) is 0 Å². The fraction of sp³-hybridized carbons (Fsp3) is 0.267. The molecule has 1 unspecified atom stereocenters. The summed E-state index contributed by atoms with van der Waals surface area (Å²) in [4.78, 5) is 16.0. The number of hydrogen-bond donors (Lipinski definition) is 1. The lowest BCUT2D eigenvalue weighted by atomic mass is 10.00. The number of nitrogen functional groups attached to an aromatic ring is 1. The van der Waals surface area contributed by atoms with Gasteiger partial charge in [-0.1, -0.05) is 17.7 Å². The molecule has 0 bridgehead atoms. The maximum Gasteiger partial charge on any atom is 0.257 e. The molecule has 1 aliphatic rings. The highest BCUT2D eigenvalue weighted by atomic mass is 35.5. The summed E-state index contributed by atoms with van der Waals surface area (Å²) in [6.07, 6.45) is 0.896. The van der Waals surface area contributed by atoms with Crippen LogP contribution in [-0.2, 0) is 6.42 Å². The van der Waals surface area contributed by atoms with E-state index in [1.807, 2.05) is 4.90 Å². The van der Waals surface area contributed by atoms with Crippen LogP contribution < -0.4 is 5.73 Å². The normalized spacial score (nSPS) is 17.9. The number of benzene rings is 1. The lowest BCUT2D eigenvalue weighted by Crippen LogP contribution is -2.38. The molecule has 20 heavy (non-hydrogen) atoms. The number of thiophene rings is 1. The SMILES string of the molecule is CC1c2ccsc2CCN1C(=O)c1c(N)cccc1Cl. The molecule has 2 aromatic rings. The largest absolute Gasteiger partial charge is 0.398 e. The highest BCUT2D eigenvalue weighted by molar-refractivity contribution is 7.10. The Bertz CT molecular complexity index is 647. The average molecular weight is 307 g/mol. The Kier molecular flexibility index (Phi) is 3.44.